The Balaban J connectivity index is 1.35. The lowest BCUT2D eigenvalue weighted by atomic mass is 9.98. The fraction of sp³-hybridized carbons (Fsp3) is 0.312. The van der Waals surface area contributed by atoms with Crippen molar-refractivity contribution in [2.75, 3.05) is 13.7 Å². The number of hydrogen-bond acceptors (Lipinski definition) is 7. The van der Waals surface area contributed by atoms with E-state index in [0.29, 0.717) is 59.1 Å². The molecule has 0 aromatic heterocycles. The zero-order valence-corrected chi connectivity index (χ0v) is 22.6. The summed E-state index contributed by atoms with van der Waals surface area (Å²) < 4.78 is 38.0. The molecule has 0 bridgehead atoms. The molecule has 40 heavy (non-hydrogen) atoms. The number of rotatable bonds is 8. The lowest BCUT2D eigenvalue weighted by molar-refractivity contribution is -0.141. The summed E-state index contributed by atoms with van der Waals surface area (Å²) in [4.78, 5) is 11.7. The zero-order chi connectivity index (χ0) is 28.4. The SMILES string of the molecule is COC(=O)CC1COc2cc(O[C@@H]3CCc4c(Oc5ccc(C=CC(C)(C)O)cc5C#N)ccc(F)c43)ccc21. The van der Waals surface area contributed by atoms with Gasteiger partial charge in [-0.1, -0.05) is 24.3 Å². The van der Waals surface area contributed by atoms with Gasteiger partial charge in [0.1, 0.15) is 41.0 Å². The highest BCUT2D eigenvalue weighted by Crippen LogP contribution is 2.44. The largest absolute Gasteiger partial charge is 0.492 e. The number of hydrogen-bond donors (Lipinski definition) is 1. The number of methoxy groups -OCH3 is 1. The number of halogens is 1. The lowest BCUT2D eigenvalue weighted by Gasteiger charge is -2.17. The Morgan fingerprint density at radius 2 is 2.00 bits per heavy atom. The smallest absolute Gasteiger partial charge is 0.306 e. The van der Waals surface area contributed by atoms with Crippen LogP contribution in [0.1, 0.15) is 66.5 Å². The van der Waals surface area contributed by atoms with Gasteiger partial charge in [0, 0.05) is 28.7 Å². The molecule has 1 N–H and O–H groups in total. The second-order valence-corrected chi connectivity index (χ2v) is 10.5. The van der Waals surface area contributed by atoms with E-state index in [0.717, 1.165) is 11.1 Å². The molecule has 2 atom stereocenters. The second-order valence-electron chi connectivity index (χ2n) is 10.5. The third kappa shape index (κ3) is 5.80. The molecule has 0 fully saturated rings. The molecule has 1 heterocycles. The second kappa shape index (κ2) is 11.0. The molecule has 0 spiro atoms. The minimum atomic E-state index is -0.977. The van der Waals surface area contributed by atoms with Crippen LogP contribution in [-0.2, 0) is 16.0 Å². The number of carbonyl (C=O) groups is 1. The molecule has 5 rings (SSSR count). The van der Waals surface area contributed by atoms with E-state index in [4.69, 9.17) is 18.9 Å². The van der Waals surface area contributed by atoms with Crippen LogP contribution in [0.4, 0.5) is 4.39 Å². The van der Waals surface area contributed by atoms with Gasteiger partial charge in [-0.15, -0.1) is 0 Å². The first-order valence-electron chi connectivity index (χ1n) is 13.1. The number of carbonyl (C=O) groups excluding carboxylic acids is 1. The molecule has 0 amide bonds. The minimum Gasteiger partial charge on any atom is -0.492 e. The van der Waals surface area contributed by atoms with E-state index in [1.54, 1.807) is 62.4 Å². The molecule has 1 aliphatic carbocycles. The van der Waals surface area contributed by atoms with Crippen LogP contribution in [0, 0.1) is 17.1 Å². The lowest BCUT2D eigenvalue weighted by Crippen LogP contribution is -2.13. The van der Waals surface area contributed by atoms with E-state index >= 15 is 4.39 Å². The molecular formula is C32H30FNO6. The molecule has 8 heteroatoms. The molecule has 3 aromatic rings. The summed E-state index contributed by atoms with van der Waals surface area (Å²) in [5.74, 6) is 1.27. The predicted octanol–water partition coefficient (Wildman–Crippen LogP) is 6.38. The quantitative estimate of drug-likeness (QED) is 0.329. The minimum absolute atomic E-state index is 0.0780. The summed E-state index contributed by atoms with van der Waals surface area (Å²) in [6, 6.07) is 15.7. The first-order chi connectivity index (χ1) is 19.1. The average Bonchev–Trinajstić information content (AvgIpc) is 3.53. The summed E-state index contributed by atoms with van der Waals surface area (Å²) in [6.45, 7) is 3.72. The van der Waals surface area contributed by atoms with Gasteiger partial charge < -0.3 is 24.1 Å². The molecule has 0 radical (unpaired) electrons. The van der Waals surface area contributed by atoms with Gasteiger partial charge in [0.05, 0.1) is 31.3 Å². The van der Waals surface area contributed by atoms with E-state index in [9.17, 15) is 15.2 Å². The Bertz CT molecular complexity index is 1520. The van der Waals surface area contributed by atoms with Crippen molar-refractivity contribution in [2.24, 2.45) is 0 Å². The van der Waals surface area contributed by atoms with E-state index in [1.807, 2.05) is 6.07 Å². The molecular weight excluding hydrogens is 513 g/mol. The third-order valence-corrected chi connectivity index (χ3v) is 7.05. The number of nitriles is 1. The maximum absolute atomic E-state index is 15.1. The van der Waals surface area contributed by atoms with Crippen molar-refractivity contribution in [2.45, 2.75) is 50.7 Å². The van der Waals surface area contributed by atoms with Gasteiger partial charge in [0.25, 0.3) is 0 Å². The monoisotopic (exact) mass is 543 g/mol. The van der Waals surface area contributed by atoms with Crippen LogP contribution in [0.3, 0.4) is 0 Å². The van der Waals surface area contributed by atoms with Crippen LogP contribution >= 0.6 is 0 Å². The fourth-order valence-electron chi connectivity index (χ4n) is 5.05. The molecule has 0 saturated heterocycles. The van der Waals surface area contributed by atoms with Crippen molar-refractivity contribution in [3.05, 3.63) is 88.2 Å². The number of aliphatic hydroxyl groups is 1. The van der Waals surface area contributed by atoms with Crippen LogP contribution in [0.2, 0.25) is 0 Å². The highest BCUT2D eigenvalue weighted by atomic mass is 19.1. The summed E-state index contributed by atoms with van der Waals surface area (Å²) in [6.07, 6.45) is 4.21. The number of nitrogens with zero attached hydrogens (tertiary/aromatic N) is 1. The fourth-order valence-corrected chi connectivity index (χ4v) is 5.05. The molecule has 0 saturated carbocycles. The number of fused-ring (bicyclic) bond motifs is 2. The Kier molecular flexibility index (Phi) is 7.51. The molecule has 1 unspecified atom stereocenters. The maximum atomic E-state index is 15.1. The van der Waals surface area contributed by atoms with Crippen LogP contribution < -0.4 is 14.2 Å². The van der Waals surface area contributed by atoms with Gasteiger partial charge in [-0.05, 0) is 62.6 Å². The van der Waals surface area contributed by atoms with Crippen molar-refractivity contribution >= 4 is 12.0 Å². The molecule has 1 aliphatic heterocycles. The van der Waals surface area contributed by atoms with Crippen molar-refractivity contribution in [3.63, 3.8) is 0 Å². The maximum Gasteiger partial charge on any atom is 0.306 e. The van der Waals surface area contributed by atoms with Gasteiger partial charge in [-0.2, -0.15) is 5.26 Å². The first-order valence-corrected chi connectivity index (χ1v) is 13.1. The Labute approximate surface area is 232 Å². The highest BCUT2D eigenvalue weighted by Gasteiger charge is 2.32. The van der Waals surface area contributed by atoms with Gasteiger partial charge in [-0.3, -0.25) is 4.79 Å². The molecule has 7 nitrogen and oxygen atoms in total. The van der Waals surface area contributed by atoms with Crippen LogP contribution in [0.5, 0.6) is 23.0 Å². The summed E-state index contributed by atoms with van der Waals surface area (Å²) in [5.41, 5.74) is 2.15. The van der Waals surface area contributed by atoms with E-state index < -0.39 is 11.7 Å². The van der Waals surface area contributed by atoms with E-state index in [1.165, 1.54) is 13.2 Å². The van der Waals surface area contributed by atoms with Crippen LogP contribution in [0.15, 0.2) is 54.6 Å². The number of benzene rings is 3. The predicted molar refractivity (Wildman–Crippen MR) is 146 cm³/mol. The van der Waals surface area contributed by atoms with Crippen molar-refractivity contribution in [3.8, 4) is 29.1 Å². The molecule has 3 aromatic carbocycles. The van der Waals surface area contributed by atoms with Crippen molar-refractivity contribution < 1.29 is 33.2 Å². The Hall–Kier alpha value is -4.35. The third-order valence-electron chi connectivity index (χ3n) is 7.05. The zero-order valence-electron chi connectivity index (χ0n) is 22.6. The van der Waals surface area contributed by atoms with Gasteiger partial charge in [0.15, 0.2) is 0 Å². The van der Waals surface area contributed by atoms with Crippen LogP contribution in [-0.4, -0.2) is 30.4 Å². The van der Waals surface area contributed by atoms with Gasteiger partial charge in [-0.25, -0.2) is 4.39 Å². The van der Waals surface area contributed by atoms with Crippen molar-refractivity contribution in [1.82, 2.24) is 0 Å². The van der Waals surface area contributed by atoms with Crippen LogP contribution in [0.25, 0.3) is 6.08 Å². The number of ether oxygens (including phenoxy) is 4. The highest BCUT2D eigenvalue weighted by molar-refractivity contribution is 5.71. The Morgan fingerprint density at radius 3 is 2.75 bits per heavy atom. The van der Waals surface area contributed by atoms with E-state index in [2.05, 4.69) is 6.07 Å². The molecule has 2 aliphatic rings. The topological polar surface area (TPSA) is 98.0 Å². The van der Waals surface area contributed by atoms with Gasteiger partial charge in [0.2, 0.25) is 0 Å². The van der Waals surface area contributed by atoms with Gasteiger partial charge >= 0.3 is 5.97 Å². The van der Waals surface area contributed by atoms with E-state index in [-0.39, 0.29) is 24.1 Å². The summed E-state index contributed by atoms with van der Waals surface area (Å²) >= 11 is 0. The molecule has 206 valence electrons. The number of esters is 1. The summed E-state index contributed by atoms with van der Waals surface area (Å²) in [7, 11) is 1.36. The Morgan fingerprint density at radius 1 is 1.20 bits per heavy atom. The standard InChI is InChI=1S/C32H30FNO6/c1-32(2,36)13-12-19-4-9-26(20(14-19)17-34)40-27-11-8-25(33)31-24(27)7-10-28(31)39-22-5-6-23-21(15-30(35)37-3)18-38-29(23)16-22/h4-6,8-9,11-14,16,21,28,36H,7,10,15,18H2,1-3H3/t21?,28-/m1/s1. The average molecular weight is 544 g/mol. The summed E-state index contributed by atoms with van der Waals surface area (Å²) in [5, 5.41) is 19.6. The first kappa shape index (κ1) is 27.2. The van der Waals surface area contributed by atoms with Crippen molar-refractivity contribution in [1.29, 1.82) is 5.26 Å². The normalized spacial score (nSPS) is 17.6.